The van der Waals surface area contributed by atoms with Crippen LogP contribution in [0.5, 0.6) is 0 Å². The lowest BCUT2D eigenvalue weighted by Gasteiger charge is -2.39. The third-order valence-corrected chi connectivity index (χ3v) is 5.64. The molecule has 6 nitrogen and oxygen atoms in total. The molecular weight excluding hydrogens is 544 g/mol. The topological polar surface area (TPSA) is 67.2 Å². The van der Waals surface area contributed by atoms with E-state index >= 15 is 0 Å². The molecule has 2 N–H and O–H groups in total. The number of halogens is 2. The molecule has 0 aliphatic heterocycles. The molecule has 2 aromatic carbocycles. The minimum Gasteiger partial charge on any atom is -1.00 e. The maximum absolute atomic E-state index is 10.8. The second-order valence-electron chi connectivity index (χ2n) is 9.22. The van der Waals surface area contributed by atoms with Crippen molar-refractivity contribution in [2.24, 2.45) is 5.41 Å². The summed E-state index contributed by atoms with van der Waals surface area (Å²) in [5.74, 6) is 0. The SMILES string of the molecule is CC(C)(C)[C@@H](C[N+](C)(C)Cc1ccc(Br)cc1)NC(=S)Nc1ccc([N+](=O)[O-])cc1.[Br-]. The van der Waals surface area contributed by atoms with Crippen LogP contribution in [0.15, 0.2) is 53.0 Å². The molecule has 0 fully saturated rings. The van der Waals surface area contributed by atoms with Crippen LogP contribution in [0.25, 0.3) is 0 Å². The monoisotopic (exact) mass is 572 g/mol. The Labute approximate surface area is 209 Å². The standard InChI is InChI=1S/C22H29BrN4O2S.BrH/c1-22(2,3)20(15-27(4,5)14-16-6-8-17(23)9-7-16)25-21(30)24-18-10-12-19(13-11-18)26(28)29;/h6-13,20H,14-15H2,1-5H3,(H-,24,25,30);1H/t20-;/m1./s1. The smallest absolute Gasteiger partial charge is 0.269 e. The van der Waals surface area contributed by atoms with Crippen molar-refractivity contribution in [2.45, 2.75) is 33.4 Å². The lowest BCUT2D eigenvalue weighted by molar-refractivity contribution is -0.905. The first-order chi connectivity index (χ1) is 13.9. The van der Waals surface area contributed by atoms with Crippen LogP contribution < -0.4 is 27.6 Å². The number of nitro benzene ring substituents is 1. The van der Waals surface area contributed by atoms with E-state index in [0.717, 1.165) is 27.7 Å². The lowest BCUT2D eigenvalue weighted by Crippen LogP contribution is -3.00. The van der Waals surface area contributed by atoms with Gasteiger partial charge in [0, 0.05) is 27.9 Å². The van der Waals surface area contributed by atoms with Crippen molar-refractivity contribution in [2.75, 3.05) is 26.0 Å². The molecule has 0 aliphatic rings. The van der Waals surface area contributed by atoms with Crippen molar-refractivity contribution < 1.29 is 26.4 Å². The Balaban J connectivity index is 0.00000480. The lowest BCUT2D eigenvalue weighted by atomic mass is 9.86. The van der Waals surface area contributed by atoms with E-state index in [1.165, 1.54) is 17.7 Å². The maximum Gasteiger partial charge on any atom is 0.269 e. The molecule has 170 valence electrons. The molecule has 0 spiro atoms. The van der Waals surface area contributed by atoms with Crippen LogP contribution in [0.1, 0.15) is 26.3 Å². The fourth-order valence-electron chi connectivity index (χ4n) is 3.17. The van der Waals surface area contributed by atoms with Gasteiger partial charge in [0.25, 0.3) is 5.69 Å². The second kappa shape index (κ2) is 11.4. The molecule has 9 heteroatoms. The fraction of sp³-hybridized carbons (Fsp3) is 0.409. The summed E-state index contributed by atoms with van der Waals surface area (Å²) in [7, 11) is 4.44. The van der Waals surface area contributed by atoms with Gasteiger partial charge in [-0.1, -0.05) is 48.8 Å². The average molecular weight is 574 g/mol. The zero-order chi connectivity index (χ0) is 22.5. The van der Waals surface area contributed by atoms with Gasteiger partial charge in [-0.05, 0) is 41.9 Å². The van der Waals surface area contributed by atoms with Crippen LogP contribution >= 0.6 is 28.1 Å². The van der Waals surface area contributed by atoms with Gasteiger partial charge in [0.2, 0.25) is 0 Å². The summed E-state index contributed by atoms with van der Waals surface area (Å²) >= 11 is 9.02. The number of likely N-dealkylation sites (N-methyl/N-ethyl adjacent to an activating group) is 1. The summed E-state index contributed by atoms with van der Waals surface area (Å²) in [6.45, 7) is 8.36. The molecule has 0 amide bonds. The summed E-state index contributed by atoms with van der Waals surface area (Å²) in [5, 5.41) is 17.9. The molecule has 0 aromatic heterocycles. The van der Waals surface area contributed by atoms with Gasteiger partial charge in [-0.3, -0.25) is 10.1 Å². The van der Waals surface area contributed by atoms with Crippen LogP contribution in [-0.4, -0.2) is 41.2 Å². The highest BCUT2D eigenvalue weighted by Gasteiger charge is 2.32. The highest BCUT2D eigenvalue weighted by molar-refractivity contribution is 9.10. The maximum atomic E-state index is 10.8. The Kier molecular flexibility index (Phi) is 10.1. The number of anilines is 1. The minimum atomic E-state index is -0.415. The Bertz CT molecular complexity index is 882. The van der Waals surface area contributed by atoms with E-state index in [-0.39, 0.29) is 34.1 Å². The van der Waals surface area contributed by atoms with Crippen molar-refractivity contribution in [3.05, 3.63) is 68.7 Å². The molecular formula is C22H30Br2N4O2S. The Morgan fingerprint density at radius 1 is 1.13 bits per heavy atom. The largest absolute Gasteiger partial charge is 1.00 e. The predicted molar refractivity (Wildman–Crippen MR) is 131 cm³/mol. The Hall–Kier alpha value is -1.55. The molecule has 2 aromatic rings. The number of nitro groups is 1. The first-order valence-corrected chi connectivity index (χ1v) is 10.9. The fourth-order valence-corrected chi connectivity index (χ4v) is 3.70. The van der Waals surface area contributed by atoms with Gasteiger partial charge >= 0.3 is 0 Å². The molecule has 0 bridgehead atoms. The summed E-state index contributed by atoms with van der Waals surface area (Å²) in [6, 6.07) is 14.8. The van der Waals surface area contributed by atoms with Gasteiger partial charge in [-0.25, -0.2) is 0 Å². The van der Waals surface area contributed by atoms with E-state index in [0.29, 0.717) is 5.11 Å². The summed E-state index contributed by atoms with van der Waals surface area (Å²) in [4.78, 5) is 10.4. The first-order valence-electron chi connectivity index (χ1n) is 9.74. The highest BCUT2D eigenvalue weighted by Crippen LogP contribution is 2.24. The Morgan fingerprint density at radius 2 is 1.68 bits per heavy atom. The van der Waals surface area contributed by atoms with Crippen molar-refractivity contribution in [1.82, 2.24) is 5.32 Å². The molecule has 0 aliphatic carbocycles. The quantitative estimate of drug-likeness (QED) is 0.230. The van der Waals surface area contributed by atoms with E-state index in [1.54, 1.807) is 12.1 Å². The van der Waals surface area contributed by atoms with Crippen LogP contribution in [0.2, 0.25) is 0 Å². The Morgan fingerprint density at radius 3 is 2.16 bits per heavy atom. The summed E-state index contributed by atoms with van der Waals surface area (Å²) in [5.41, 5.74) is 2.03. The number of quaternary nitrogens is 1. The number of hydrogen-bond donors (Lipinski definition) is 2. The van der Waals surface area contributed by atoms with Crippen molar-refractivity contribution in [3.63, 3.8) is 0 Å². The van der Waals surface area contributed by atoms with E-state index < -0.39 is 4.92 Å². The normalized spacial score (nSPS) is 12.5. The number of thiocarbonyl (C=S) groups is 1. The molecule has 2 rings (SSSR count). The van der Waals surface area contributed by atoms with Crippen LogP contribution in [-0.2, 0) is 6.54 Å². The molecule has 0 saturated carbocycles. The third kappa shape index (κ3) is 9.22. The number of non-ortho nitro benzene ring substituents is 1. The second-order valence-corrected chi connectivity index (χ2v) is 10.5. The van der Waals surface area contributed by atoms with Crippen LogP contribution in [0, 0.1) is 15.5 Å². The zero-order valence-electron chi connectivity index (χ0n) is 18.5. The van der Waals surface area contributed by atoms with Crippen LogP contribution in [0.4, 0.5) is 11.4 Å². The molecule has 0 heterocycles. The molecule has 1 atom stereocenters. The van der Waals surface area contributed by atoms with Gasteiger partial charge in [-0.15, -0.1) is 0 Å². The zero-order valence-corrected chi connectivity index (χ0v) is 22.5. The number of nitrogens with zero attached hydrogens (tertiary/aromatic N) is 2. The highest BCUT2D eigenvalue weighted by atomic mass is 79.9. The van der Waals surface area contributed by atoms with Gasteiger partial charge in [0.15, 0.2) is 5.11 Å². The summed E-state index contributed by atoms with van der Waals surface area (Å²) in [6.07, 6.45) is 0. The number of benzene rings is 2. The number of rotatable bonds is 7. The van der Waals surface area contributed by atoms with Gasteiger partial charge in [-0.2, -0.15) is 0 Å². The first kappa shape index (κ1) is 27.5. The minimum absolute atomic E-state index is 0. The molecule has 31 heavy (non-hydrogen) atoms. The molecule has 0 saturated heterocycles. The van der Waals surface area contributed by atoms with Crippen molar-refractivity contribution in [3.8, 4) is 0 Å². The predicted octanol–water partition coefficient (Wildman–Crippen LogP) is 2.34. The van der Waals surface area contributed by atoms with Gasteiger partial charge in [0.05, 0.1) is 31.6 Å². The van der Waals surface area contributed by atoms with Gasteiger partial charge in [0.1, 0.15) is 6.54 Å². The van der Waals surface area contributed by atoms with Crippen molar-refractivity contribution >= 4 is 44.6 Å². The number of hydrogen-bond acceptors (Lipinski definition) is 3. The third-order valence-electron chi connectivity index (χ3n) is 4.89. The molecule has 0 unspecified atom stereocenters. The van der Waals surface area contributed by atoms with Crippen molar-refractivity contribution in [1.29, 1.82) is 0 Å². The van der Waals surface area contributed by atoms with Crippen LogP contribution in [0.3, 0.4) is 0 Å². The number of nitrogens with one attached hydrogen (secondary N) is 2. The van der Waals surface area contributed by atoms with E-state index in [2.05, 4.69) is 85.7 Å². The summed E-state index contributed by atoms with van der Waals surface area (Å²) < 4.78 is 1.88. The van der Waals surface area contributed by atoms with E-state index in [1.807, 2.05) is 0 Å². The molecule has 0 radical (unpaired) electrons. The average Bonchev–Trinajstić information content (AvgIpc) is 2.62. The van der Waals surface area contributed by atoms with E-state index in [9.17, 15) is 10.1 Å². The van der Waals surface area contributed by atoms with Gasteiger partial charge < -0.3 is 32.1 Å². The van der Waals surface area contributed by atoms with E-state index in [4.69, 9.17) is 12.2 Å².